The first-order chi connectivity index (χ1) is 11.8. The molecule has 8 nitrogen and oxygen atoms in total. The number of ether oxygens (including phenoxy) is 1. The van der Waals surface area contributed by atoms with Crippen molar-refractivity contribution >= 4 is 42.8 Å². The van der Waals surface area contributed by atoms with E-state index in [0.717, 1.165) is 34.2 Å². The molecule has 1 N–H and O–H groups in total. The number of hydrogen-bond donors (Lipinski definition) is 1. The first-order valence-corrected chi connectivity index (χ1v) is 10.5. The number of nitrogens with zero attached hydrogens (tertiary/aromatic N) is 2. The van der Waals surface area contributed by atoms with Gasteiger partial charge >= 0.3 is 6.03 Å². The van der Waals surface area contributed by atoms with Crippen LogP contribution in [-0.4, -0.2) is 51.0 Å². The molecule has 1 fully saturated rings. The number of benzene rings is 1. The van der Waals surface area contributed by atoms with E-state index in [1.165, 1.54) is 16.2 Å². The molecule has 0 aliphatic carbocycles. The first-order valence-electron chi connectivity index (χ1n) is 7.83. The van der Waals surface area contributed by atoms with Crippen LogP contribution in [0.5, 0.6) is 5.75 Å². The smallest absolute Gasteiger partial charge is 0.324 e. The van der Waals surface area contributed by atoms with Crippen molar-refractivity contribution in [2.24, 2.45) is 0 Å². The van der Waals surface area contributed by atoms with Crippen LogP contribution in [0.25, 0.3) is 10.2 Å². The zero-order valence-electron chi connectivity index (χ0n) is 13.7. The van der Waals surface area contributed by atoms with Gasteiger partial charge in [-0.25, -0.2) is 9.78 Å². The highest BCUT2D eigenvalue weighted by Gasteiger charge is 2.40. The summed E-state index contributed by atoms with van der Waals surface area (Å²) in [6.07, 6.45) is 1.84. The third kappa shape index (κ3) is 2.94. The summed E-state index contributed by atoms with van der Waals surface area (Å²) in [5.41, 5.74) is 1.85. The minimum absolute atomic E-state index is 0.122. The predicted octanol–water partition coefficient (Wildman–Crippen LogP) is 1.49. The molecule has 1 saturated heterocycles. The third-order valence-electron chi connectivity index (χ3n) is 4.34. The van der Waals surface area contributed by atoms with Gasteiger partial charge in [0.25, 0.3) is 10.1 Å². The monoisotopic (exact) mass is 383 g/mol. The topological polar surface area (TPSA) is 97.8 Å². The molecule has 2 amide bonds. The van der Waals surface area contributed by atoms with Gasteiger partial charge < -0.3 is 10.1 Å². The second-order valence-corrected chi connectivity index (χ2v) is 8.81. The Morgan fingerprint density at radius 3 is 3.04 bits per heavy atom. The lowest BCUT2D eigenvalue weighted by Crippen LogP contribution is -2.40. The van der Waals surface area contributed by atoms with Gasteiger partial charge in [0, 0.05) is 6.42 Å². The summed E-state index contributed by atoms with van der Waals surface area (Å²) in [6, 6.07) is 2.96. The number of rotatable bonds is 4. The van der Waals surface area contributed by atoms with E-state index in [1.54, 1.807) is 0 Å². The number of fused-ring (bicyclic) bond motifs is 3. The van der Waals surface area contributed by atoms with Crippen molar-refractivity contribution in [1.29, 1.82) is 0 Å². The van der Waals surface area contributed by atoms with E-state index in [4.69, 9.17) is 8.92 Å². The van der Waals surface area contributed by atoms with E-state index in [0.29, 0.717) is 11.7 Å². The van der Waals surface area contributed by atoms with Gasteiger partial charge in [-0.05, 0) is 18.6 Å². The molecule has 0 bridgehead atoms. The van der Waals surface area contributed by atoms with Crippen LogP contribution in [0.2, 0.25) is 0 Å². The maximum Gasteiger partial charge on any atom is 0.324 e. The van der Waals surface area contributed by atoms with E-state index in [2.05, 4.69) is 10.3 Å². The lowest BCUT2D eigenvalue weighted by molar-refractivity contribution is 0.250. The summed E-state index contributed by atoms with van der Waals surface area (Å²) >= 11 is 1.37. The lowest BCUT2D eigenvalue weighted by atomic mass is 10.1. The Hall–Kier alpha value is -1.91. The molecule has 2 aliphatic rings. The highest BCUT2D eigenvalue weighted by Crippen LogP contribution is 2.40. The van der Waals surface area contributed by atoms with Crippen LogP contribution in [0, 0.1) is 0 Å². The lowest BCUT2D eigenvalue weighted by Gasteiger charge is -2.21. The zero-order valence-corrected chi connectivity index (χ0v) is 15.3. The van der Waals surface area contributed by atoms with E-state index in [1.807, 2.05) is 19.1 Å². The SMILES string of the molecule is C[C@@H]1NC(=O)N(c2nc3c4c(ccc3s2)CCO4)[C@@H]1COS(C)(=O)=O. The molecule has 134 valence electrons. The van der Waals surface area contributed by atoms with Crippen LogP contribution in [-0.2, 0) is 20.7 Å². The standard InChI is InChI=1S/C15H17N3O5S2/c1-8-10(7-23-25(2,20)21)18(14(19)16-8)15-17-12-11(24-15)4-3-9-5-6-22-13(9)12/h3-4,8,10H,5-7H2,1-2H3,(H,16,19)/t8-,10+/m0/s1. The Bertz CT molecular complexity index is 955. The van der Waals surface area contributed by atoms with Crippen LogP contribution in [0.15, 0.2) is 12.1 Å². The average molecular weight is 383 g/mol. The molecular weight excluding hydrogens is 366 g/mol. The van der Waals surface area contributed by atoms with Gasteiger partial charge in [-0.3, -0.25) is 9.08 Å². The van der Waals surface area contributed by atoms with Crippen molar-refractivity contribution in [3.05, 3.63) is 17.7 Å². The molecule has 10 heteroatoms. The quantitative estimate of drug-likeness (QED) is 0.804. The van der Waals surface area contributed by atoms with Crippen molar-refractivity contribution in [1.82, 2.24) is 10.3 Å². The van der Waals surface area contributed by atoms with Crippen molar-refractivity contribution < 1.29 is 22.1 Å². The van der Waals surface area contributed by atoms with E-state index in [9.17, 15) is 13.2 Å². The second-order valence-electron chi connectivity index (χ2n) is 6.16. The number of carbonyl (C=O) groups excluding carboxylic acids is 1. The molecular formula is C15H17N3O5S2. The minimum atomic E-state index is -3.59. The van der Waals surface area contributed by atoms with Crippen molar-refractivity contribution in [2.75, 3.05) is 24.4 Å². The summed E-state index contributed by atoms with van der Waals surface area (Å²) in [7, 11) is -3.59. The number of urea groups is 1. The summed E-state index contributed by atoms with van der Waals surface area (Å²) in [5.74, 6) is 0.775. The summed E-state index contributed by atoms with van der Waals surface area (Å²) < 4.78 is 34.1. The molecule has 1 aromatic carbocycles. The molecule has 2 atom stereocenters. The largest absolute Gasteiger partial charge is 0.491 e. The normalized spacial score (nSPS) is 23.0. The fraction of sp³-hybridized carbons (Fsp3) is 0.467. The highest BCUT2D eigenvalue weighted by molar-refractivity contribution is 7.85. The van der Waals surface area contributed by atoms with Gasteiger partial charge in [0.1, 0.15) is 11.3 Å². The molecule has 1 aromatic heterocycles. The van der Waals surface area contributed by atoms with Gasteiger partial charge in [-0.1, -0.05) is 17.4 Å². The van der Waals surface area contributed by atoms with Crippen LogP contribution in [0.4, 0.5) is 9.93 Å². The fourth-order valence-corrected chi connectivity index (χ4v) is 4.51. The number of carbonyl (C=O) groups is 1. The number of hydrogen-bond acceptors (Lipinski definition) is 7. The Balaban J connectivity index is 1.71. The number of thiazole rings is 1. The molecule has 0 unspecified atom stereocenters. The summed E-state index contributed by atoms with van der Waals surface area (Å²) in [6.45, 7) is 2.32. The summed E-state index contributed by atoms with van der Waals surface area (Å²) in [4.78, 5) is 18.4. The molecule has 3 heterocycles. The number of nitrogens with one attached hydrogen (secondary N) is 1. The first kappa shape index (κ1) is 16.6. The third-order valence-corrected chi connectivity index (χ3v) is 5.92. The molecule has 2 aliphatic heterocycles. The number of aromatic nitrogens is 1. The Kier molecular flexibility index (Phi) is 3.85. The average Bonchev–Trinajstić information content (AvgIpc) is 3.19. The van der Waals surface area contributed by atoms with Gasteiger partial charge in [-0.15, -0.1) is 0 Å². The maximum atomic E-state index is 12.4. The number of amides is 2. The summed E-state index contributed by atoms with van der Waals surface area (Å²) in [5, 5.41) is 3.30. The Morgan fingerprint density at radius 1 is 1.48 bits per heavy atom. The van der Waals surface area contributed by atoms with Gasteiger partial charge in [-0.2, -0.15) is 8.42 Å². The molecule has 4 rings (SSSR count). The zero-order chi connectivity index (χ0) is 17.8. The van der Waals surface area contributed by atoms with Gasteiger partial charge in [0.2, 0.25) is 0 Å². The molecule has 2 aromatic rings. The van der Waals surface area contributed by atoms with E-state index in [-0.39, 0.29) is 18.7 Å². The van der Waals surface area contributed by atoms with E-state index < -0.39 is 16.2 Å². The van der Waals surface area contributed by atoms with Gasteiger partial charge in [0.05, 0.1) is 36.3 Å². The van der Waals surface area contributed by atoms with Crippen LogP contribution < -0.4 is 15.0 Å². The predicted molar refractivity (Wildman–Crippen MR) is 93.9 cm³/mol. The molecule has 25 heavy (non-hydrogen) atoms. The fourth-order valence-electron chi connectivity index (χ4n) is 3.10. The van der Waals surface area contributed by atoms with Gasteiger partial charge in [0.15, 0.2) is 5.13 Å². The van der Waals surface area contributed by atoms with Crippen LogP contribution in [0.3, 0.4) is 0 Å². The van der Waals surface area contributed by atoms with Crippen molar-refractivity contribution in [3.8, 4) is 5.75 Å². The van der Waals surface area contributed by atoms with E-state index >= 15 is 0 Å². The molecule has 0 spiro atoms. The highest BCUT2D eigenvalue weighted by atomic mass is 32.2. The molecule has 0 saturated carbocycles. The Labute approximate surface area is 148 Å². The van der Waals surface area contributed by atoms with Crippen molar-refractivity contribution in [2.45, 2.75) is 25.4 Å². The van der Waals surface area contributed by atoms with Crippen LogP contribution >= 0.6 is 11.3 Å². The second kappa shape index (κ2) is 5.82. The number of anilines is 1. The van der Waals surface area contributed by atoms with Crippen LogP contribution in [0.1, 0.15) is 12.5 Å². The molecule has 0 radical (unpaired) electrons. The van der Waals surface area contributed by atoms with Crippen molar-refractivity contribution in [3.63, 3.8) is 0 Å². The minimum Gasteiger partial charge on any atom is -0.491 e. The maximum absolute atomic E-state index is 12.4. The Morgan fingerprint density at radius 2 is 2.28 bits per heavy atom.